The number of hydrogen-bond donors (Lipinski definition) is 1. The molecule has 0 saturated carbocycles. The van der Waals surface area contributed by atoms with Gasteiger partial charge >= 0.3 is 0 Å². The normalized spacial score (nSPS) is 11.1. The molecule has 2 heteroatoms. The molecule has 1 aromatic rings. The molecule has 1 rings (SSSR count). The quantitative estimate of drug-likeness (QED) is 0.709. The summed E-state index contributed by atoms with van der Waals surface area (Å²) in [5, 5.41) is 3.46. The summed E-state index contributed by atoms with van der Waals surface area (Å²) in [6.07, 6.45) is 3.59. The van der Waals surface area contributed by atoms with Crippen LogP contribution in [-0.2, 0) is 6.54 Å². The molecule has 1 N–H and O–H groups in total. The molecular formula is C17H30N2. The van der Waals surface area contributed by atoms with Crippen LogP contribution in [0.15, 0.2) is 18.2 Å². The molecule has 0 amide bonds. The predicted molar refractivity (Wildman–Crippen MR) is 85.9 cm³/mol. The van der Waals surface area contributed by atoms with E-state index in [1.807, 2.05) is 0 Å². The van der Waals surface area contributed by atoms with Gasteiger partial charge in [-0.25, -0.2) is 0 Å². The summed E-state index contributed by atoms with van der Waals surface area (Å²) in [5.74, 6) is 0. The Morgan fingerprint density at radius 1 is 1.16 bits per heavy atom. The molecule has 0 fully saturated rings. The minimum Gasteiger partial charge on any atom is -0.371 e. The van der Waals surface area contributed by atoms with Gasteiger partial charge in [-0.3, -0.25) is 0 Å². The van der Waals surface area contributed by atoms with E-state index in [0.29, 0.717) is 6.04 Å². The van der Waals surface area contributed by atoms with Crippen LogP contribution < -0.4 is 10.2 Å². The van der Waals surface area contributed by atoms with E-state index >= 15 is 0 Å². The first-order chi connectivity index (χ1) is 9.13. The molecule has 0 unspecified atom stereocenters. The number of benzene rings is 1. The van der Waals surface area contributed by atoms with E-state index in [1.54, 1.807) is 0 Å². The molecule has 0 aliphatic rings. The van der Waals surface area contributed by atoms with Crippen molar-refractivity contribution in [1.82, 2.24) is 5.32 Å². The van der Waals surface area contributed by atoms with Crippen LogP contribution in [0.1, 0.15) is 51.2 Å². The van der Waals surface area contributed by atoms with E-state index in [2.05, 4.69) is 63.2 Å². The minimum atomic E-state index is 0.641. The lowest BCUT2D eigenvalue weighted by Gasteiger charge is -2.30. The molecule has 0 bridgehead atoms. The van der Waals surface area contributed by atoms with E-state index in [0.717, 1.165) is 13.1 Å². The second-order valence-electron chi connectivity index (χ2n) is 5.38. The van der Waals surface area contributed by atoms with Crippen LogP contribution >= 0.6 is 0 Å². The summed E-state index contributed by atoms with van der Waals surface area (Å²) >= 11 is 0. The molecule has 0 atom stereocenters. The smallest absolute Gasteiger partial charge is 0.0396 e. The van der Waals surface area contributed by atoms with Crippen molar-refractivity contribution in [3.8, 4) is 0 Å². The molecule has 0 aromatic heterocycles. The molecule has 0 heterocycles. The van der Waals surface area contributed by atoms with Crippen molar-refractivity contribution in [2.75, 3.05) is 18.5 Å². The fourth-order valence-corrected chi connectivity index (χ4v) is 2.67. The van der Waals surface area contributed by atoms with E-state index in [1.165, 1.54) is 36.1 Å². The number of aryl methyl sites for hydroxylation is 1. The first kappa shape index (κ1) is 16.0. The van der Waals surface area contributed by atoms with Gasteiger partial charge in [-0.05, 0) is 49.9 Å². The highest BCUT2D eigenvalue weighted by Gasteiger charge is 2.13. The SMILES string of the molecule is CCCNCc1ccc(N(C)C(CC)CC)c(C)c1. The molecule has 2 nitrogen and oxygen atoms in total. The summed E-state index contributed by atoms with van der Waals surface area (Å²) in [4.78, 5) is 2.43. The van der Waals surface area contributed by atoms with E-state index < -0.39 is 0 Å². The summed E-state index contributed by atoms with van der Waals surface area (Å²) in [7, 11) is 2.22. The van der Waals surface area contributed by atoms with Crippen molar-refractivity contribution >= 4 is 5.69 Å². The number of anilines is 1. The van der Waals surface area contributed by atoms with Crippen LogP contribution in [0.2, 0.25) is 0 Å². The molecule has 19 heavy (non-hydrogen) atoms. The highest BCUT2D eigenvalue weighted by Crippen LogP contribution is 2.24. The average Bonchev–Trinajstić information content (AvgIpc) is 2.40. The van der Waals surface area contributed by atoms with Gasteiger partial charge in [0.25, 0.3) is 0 Å². The Hall–Kier alpha value is -1.02. The standard InChI is InChI=1S/C17H30N2/c1-6-11-18-13-15-9-10-17(14(4)12-15)19(5)16(7-2)8-3/h9-10,12,16,18H,6-8,11,13H2,1-5H3. The van der Waals surface area contributed by atoms with Crippen molar-refractivity contribution in [3.63, 3.8) is 0 Å². The molecule has 0 aliphatic carbocycles. The lowest BCUT2D eigenvalue weighted by atomic mass is 10.1. The highest BCUT2D eigenvalue weighted by molar-refractivity contribution is 5.54. The fraction of sp³-hybridized carbons (Fsp3) is 0.647. The largest absolute Gasteiger partial charge is 0.371 e. The van der Waals surface area contributed by atoms with Crippen LogP contribution in [0.4, 0.5) is 5.69 Å². The number of rotatable bonds is 8. The summed E-state index contributed by atoms with van der Waals surface area (Å²) in [6, 6.07) is 7.49. The predicted octanol–water partition coefficient (Wildman–Crippen LogP) is 4.12. The molecule has 0 radical (unpaired) electrons. The Morgan fingerprint density at radius 3 is 2.37 bits per heavy atom. The van der Waals surface area contributed by atoms with E-state index in [4.69, 9.17) is 0 Å². The average molecular weight is 262 g/mol. The maximum Gasteiger partial charge on any atom is 0.0396 e. The third kappa shape index (κ3) is 4.54. The zero-order chi connectivity index (χ0) is 14.3. The monoisotopic (exact) mass is 262 g/mol. The van der Waals surface area contributed by atoms with Gasteiger partial charge in [-0.1, -0.05) is 32.9 Å². The van der Waals surface area contributed by atoms with Crippen molar-refractivity contribution in [2.45, 2.75) is 59.5 Å². The van der Waals surface area contributed by atoms with E-state index in [9.17, 15) is 0 Å². The van der Waals surface area contributed by atoms with Gasteiger partial charge in [-0.15, -0.1) is 0 Å². The molecule has 0 saturated heterocycles. The fourth-order valence-electron chi connectivity index (χ4n) is 2.67. The van der Waals surface area contributed by atoms with Crippen molar-refractivity contribution < 1.29 is 0 Å². The van der Waals surface area contributed by atoms with Gasteiger partial charge in [0.15, 0.2) is 0 Å². The van der Waals surface area contributed by atoms with Gasteiger partial charge in [0.1, 0.15) is 0 Å². The highest BCUT2D eigenvalue weighted by atomic mass is 15.1. The van der Waals surface area contributed by atoms with E-state index in [-0.39, 0.29) is 0 Å². The van der Waals surface area contributed by atoms with Gasteiger partial charge in [0.2, 0.25) is 0 Å². The summed E-state index contributed by atoms with van der Waals surface area (Å²) in [5.41, 5.74) is 4.13. The number of nitrogens with zero attached hydrogens (tertiary/aromatic N) is 1. The van der Waals surface area contributed by atoms with Crippen LogP contribution in [0.3, 0.4) is 0 Å². The van der Waals surface area contributed by atoms with Crippen LogP contribution in [-0.4, -0.2) is 19.6 Å². The van der Waals surface area contributed by atoms with Gasteiger partial charge < -0.3 is 10.2 Å². The lowest BCUT2D eigenvalue weighted by molar-refractivity contribution is 0.590. The second kappa shape index (κ2) is 8.21. The molecular weight excluding hydrogens is 232 g/mol. The number of nitrogens with one attached hydrogen (secondary N) is 1. The first-order valence-electron chi connectivity index (χ1n) is 7.67. The third-order valence-electron chi connectivity index (χ3n) is 3.89. The topological polar surface area (TPSA) is 15.3 Å². The Kier molecular flexibility index (Phi) is 6.93. The lowest BCUT2D eigenvalue weighted by Crippen LogP contribution is -2.30. The maximum atomic E-state index is 3.46. The summed E-state index contributed by atoms with van der Waals surface area (Å²) in [6.45, 7) is 11.0. The molecule has 1 aromatic carbocycles. The zero-order valence-electron chi connectivity index (χ0n) is 13.3. The summed E-state index contributed by atoms with van der Waals surface area (Å²) < 4.78 is 0. The molecule has 0 spiro atoms. The van der Waals surface area contributed by atoms with Crippen LogP contribution in [0.25, 0.3) is 0 Å². The Labute approximate surface area is 119 Å². The first-order valence-corrected chi connectivity index (χ1v) is 7.67. The van der Waals surface area contributed by atoms with Crippen molar-refractivity contribution in [1.29, 1.82) is 0 Å². The third-order valence-corrected chi connectivity index (χ3v) is 3.89. The van der Waals surface area contributed by atoms with Crippen molar-refractivity contribution in [2.24, 2.45) is 0 Å². The number of hydrogen-bond acceptors (Lipinski definition) is 2. The van der Waals surface area contributed by atoms with Crippen LogP contribution in [0.5, 0.6) is 0 Å². The Balaban J connectivity index is 2.76. The molecule has 0 aliphatic heterocycles. The van der Waals surface area contributed by atoms with Crippen LogP contribution in [0, 0.1) is 6.92 Å². The minimum absolute atomic E-state index is 0.641. The molecule has 108 valence electrons. The maximum absolute atomic E-state index is 3.46. The Morgan fingerprint density at radius 2 is 1.84 bits per heavy atom. The second-order valence-corrected chi connectivity index (χ2v) is 5.38. The zero-order valence-corrected chi connectivity index (χ0v) is 13.3. The Bertz CT molecular complexity index is 370. The van der Waals surface area contributed by atoms with Gasteiger partial charge in [0, 0.05) is 25.3 Å². The van der Waals surface area contributed by atoms with Gasteiger partial charge in [-0.2, -0.15) is 0 Å². The van der Waals surface area contributed by atoms with Crippen molar-refractivity contribution in [3.05, 3.63) is 29.3 Å². The van der Waals surface area contributed by atoms with Gasteiger partial charge in [0.05, 0.1) is 0 Å².